The number of benzene rings is 2. The SMILES string of the molecule is CN(C)c1ccc(/N=N/c2cccc3c2ccc[n+]3CCS)cc1. The number of aromatic nitrogens is 1. The molecule has 0 aliphatic heterocycles. The van der Waals surface area contributed by atoms with E-state index in [-0.39, 0.29) is 0 Å². The third kappa shape index (κ3) is 3.57. The van der Waals surface area contributed by atoms with Crippen molar-refractivity contribution in [1.82, 2.24) is 0 Å². The molecule has 0 N–H and O–H groups in total. The van der Waals surface area contributed by atoms with E-state index in [1.165, 1.54) is 0 Å². The van der Waals surface area contributed by atoms with Crippen LogP contribution in [0.1, 0.15) is 0 Å². The van der Waals surface area contributed by atoms with Gasteiger partial charge in [-0.1, -0.05) is 6.07 Å². The molecular weight excluding hydrogens is 316 g/mol. The summed E-state index contributed by atoms with van der Waals surface area (Å²) in [6.07, 6.45) is 2.07. The first kappa shape index (κ1) is 16.5. The van der Waals surface area contributed by atoms with Crippen molar-refractivity contribution in [1.29, 1.82) is 0 Å². The van der Waals surface area contributed by atoms with Crippen molar-refractivity contribution in [3.63, 3.8) is 0 Å². The lowest BCUT2D eigenvalue weighted by atomic mass is 10.2. The van der Waals surface area contributed by atoms with Gasteiger partial charge in [0.1, 0.15) is 0 Å². The van der Waals surface area contributed by atoms with Gasteiger partial charge < -0.3 is 4.90 Å². The third-order valence-electron chi connectivity index (χ3n) is 3.88. The van der Waals surface area contributed by atoms with Crippen LogP contribution >= 0.6 is 12.6 Å². The van der Waals surface area contributed by atoms with Crippen molar-refractivity contribution < 1.29 is 4.57 Å². The van der Waals surface area contributed by atoms with E-state index in [0.717, 1.165) is 40.3 Å². The minimum Gasteiger partial charge on any atom is -0.378 e. The van der Waals surface area contributed by atoms with Gasteiger partial charge in [-0.2, -0.15) is 22.3 Å². The van der Waals surface area contributed by atoms with E-state index < -0.39 is 0 Å². The Kier molecular flexibility index (Phi) is 5.11. The molecule has 0 aliphatic carbocycles. The van der Waals surface area contributed by atoms with Crippen LogP contribution in [0.3, 0.4) is 0 Å². The van der Waals surface area contributed by atoms with Crippen LogP contribution in [0.15, 0.2) is 71.0 Å². The lowest BCUT2D eigenvalue weighted by molar-refractivity contribution is -0.666. The number of rotatable bonds is 5. The van der Waals surface area contributed by atoms with Gasteiger partial charge in [0, 0.05) is 37.7 Å². The Balaban J connectivity index is 1.93. The van der Waals surface area contributed by atoms with E-state index >= 15 is 0 Å². The van der Waals surface area contributed by atoms with E-state index in [9.17, 15) is 0 Å². The number of thiol groups is 1. The maximum absolute atomic E-state index is 4.46. The van der Waals surface area contributed by atoms with Crippen LogP contribution in [0, 0.1) is 0 Å². The maximum Gasteiger partial charge on any atom is 0.214 e. The number of fused-ring (bicyclic) bond motifs is 1. The highest BCUT2D eigenvalue weighted by molar-refractivity contribution is 7.80. The molecule has 0 aliphatic rings. The zero-order valence-electron chi connectivity index (χ0n) is 13.9. The second kappa shape index (κ2) is 7.45. The number of azo groups is 1. The molecule has 5 heteroatoms. The summed E-state index contributed by atoms with van der Waals surface area (Å²) in [5.74, 6) is 0.799. The van der Waals surface area contributed by atoms with E-state index in [4.69, 9.17) is 0 Å². The number of hydrogen-bond acceptors (Lipinski definition) is 4. The van der Waals surface area contributed by atoms with Crippen LogP contribution in [0.2, 0.25) is 0 Å². The normalized spacial score (nSPS) is 11.3. The van der Waals surface area contributed by atoms with Gasteiger partial charge in [0.25, 0.3) is 0 Å². The predicted molar refractivity (Wildman–Crippen MR) is 103 cm³/mol. The Morgan fingerprint density at radius 3 is 2.46 bits per heavy atom. The molecule has 4 nitrogen and oxygen atoms in total. The molecule has 0 unspecified atom stereocenters. The Bertz CT molecular complexity index is 857. The van der Waals surface area contributed by atoms with Crippen molar-refractivity contribution in [2.45, 2.75) is 6.54 Å². The zero-order chi connectivity index (χ0) is 16.9. The Labute approximate surface area is 147 Å². The standard InChI is InChI=1S/C19H20N4S/c1-22(2)16-10-8-15(9-11-16)20-21-18-6-3-7-19-17(18)5-4-12-23(19)13-14-24/h3-12H,13-14H2,1-2H3/p+1. The highest BCUT2D eigenvalue weighted by Gasteiger charge is 2.10. The summed E-state index contributed by atoms with van der Waals surface area (Å²) in [5.41, 5.74) is 4.01. The molecule has 122 valence electrons. The number of aryl methyl sites for hydroxylation is 1. The fourth-order valence-corrected chi connectivity index (χ4v) is 2.82. The summed E-state index contributed by atoms with van der Waals surface area (Å²) < 4.78 is 2.19. The van der Waals surface area contributed by atoms with E-state index in [2.05, 4.69) is 50.7 Å². The summed E-state index contributed by atoms with van der Waals surface area (Å²) in [7, 11) is 4.04. The molecule has 0 spiro atoms. The third-order valence-corrected chi connectivity index (χ3v) is 4.08. The lowest BCUT2D eigenvalue weighted by Gasteiger charge is -2.11. The van der Waals surface area contributed by atoms with Crippen LogP contribution < -0.4 is 9.47 Å². The van der Waals surface area contributed by atoms with Crippen molar-refractivity contribution in [2.24, 2.45) is 10.2 Å². The number of anilines is 1. The topological polar surface area (TPSA) is 31.8 Å². The predicted octanol–water partition coefficient (Wildman–Crippen LogP) is 4.54. The number of nitrogens with zero attached hydrogens (tertiary/aromatic N) is 4. The summed E-state index contributed by atoms with van der Waals surface area (Å²) in [5, 5.41) is 9.94. The Morgan fingerprint density at radius 1 is 0.958 bits per heavy atom. The molecule has 0 saturated carbocycles. The van der Waals surface area contributed by atoms with Crippen molar-refractivity contribution in [3.8, 4) is 0 Å². The largest absolute Gasteiger partial charge is 0.378 e. The van der Waals surface area contributed by atoms with Gasteiger partial charge in [-0.3, -0.25) is 0 Å². The van der Waals surface area contributed by atoms with Gasteiger partial charge in [0.05, 0.1) is 16.8 Å². The molecule has 0 amide bonds. The van der Waals surface area contributed by atoms with Gasteiger partial charge in [0.2, 0.25) is 5.52 Å². The molecule has 3 aromatic rings. The molecule has 0 saturated heterocycles. The molecule has 0 fully saturated rings. The van der Waals surface area contributed by atoms with Gasteiger partial charge in [-0.15, -0.1) is 5.11 Å². The summed E-state index contributed by atoms with van der Waals surface area (Å²) in [4.78, 5) is 2.06. The van der Waals surface area contributed by atoms with Gasteiger partial charge in [-0.25, -0.2) is 0 Å². The second-order valence-corrected chi connectivity index (χ2v) is 6.19. The van der Waals surface area contributed by atoms with Gasteiger partial charge in [0.15, 0.2) is 12.7 Å². The van der Waals surface area contributed by atoms with E-state index in [1.54, 1.807) is 0 Å². The smallest absolute Gasteiger partial charge is 0.214 e. The molecule has 24 heavy (non-hydrogen) atoms. The summed E-state index contributed by atoms with van der Waals surface area (Å²) in [6, 6.07) is 18.3. The highest BCUT2D eigenvalue weighted by atomic mass is 32.1. The summed E-state index contributed by atoms with van der Waals surface area (Å²) >= 11 is 4.33. The monoisotopic (exact) mass is 337 g/mol. The van der Waals surface area contributed by atoms with Crippen molar-refractivity contribution in [2.75, 3.05) is 24.7 Å². The zero-order valence-corrected chi connectivity index (χ0v) is 14.8. The van der Waals surface area contributed by atoms with Gasteiger partial charge >= 0.3 is 0 Å². The van der Waals surface area contributed by atoms with Crippen LogP contribution in [0.5, 0.6) is 0 Å². The molecular formula is C19H21N4S+. The molecule has 3 rings (SSSR count). The van der Waals surface area contributed by atoms with E-state index in [1.807, 2.05) is 56.6 Å². The van der Waals surface area contributed by atoms with Gasteiger partial charge in [-0.05, 0) is 36.4 Å². The molecule has 2 aromatic carbocycles. The minimum absolute atomic E-state index is 0.799. The van der Waals surface area contributed by atoms with Crippen molar-refractivity contribution in [3.05, 3.63) is 60.8 Å². The maximum atomic E-state index is 4.46. The number of hydrogen-bond donors (Lipinski definition) is 1. The average Bonchev–Trinajstić information content (AvgIpc) is 2.61. The quantitative estimate of drug-likeness (QED) is 0.414. The average molecular weight is 337 g/mol. The number of pyridine rings is 1. The fourth-order valence-electron chi connectivity index (χ4n) is 2.60. The molecule has 1 heterocycles. The summed E-state index contributed by atoms with van der Waals surface area (Å²) in [6.45, 7) is 0.868. The highest BCUT2D eigenvalue weighted by Crippen LogP contribution is 2.26. The van der Waals surface area contributed by atoms with Crippen LogP contribution in [-0.4, -0.2) is 19.8 Å². The molecule has 0 bridgehead atoms. The van der Waals surface area contributed by atoms with Crippen LogP contribution in [0.4, 0.5) is 17.1 Å². The fraction of sp³-hybridized carbons (Fsp3) is 0.211. The minimum atomic E-state index is 0.799. The Hall–Kier alpha value is -2.40. The first-order valence-corrected chi connectivity index (χ1v) is 8.53. The van der Waals surface area contributed by atoms with E-state index in [0.29, 0.717) is 0 Å². The van der Waals surface area contributed by atoms with Crippen LogP contribution in [0.25, 0.3) is 10.9 Å². The first-order valence-electron chi connectivity index (χ1n) is 7.90. The molecule has 0 radical (unpaired) electrons. The molecule has 1 aromatic heterocycles. The molecule has 0 atom stereocenters. The lowest BCUT2D eigenvalue weighted by Crippen LogP contribution is -2.34. The first-order chi connectivity index (χ1) is 11.7. The van der Waals surface area contributed by atoms with Crippen LogP contribution in [-0.2, 0) is 6.54 Å². The Morgan fingerprint density at radius 2 is 1.75 bits per heavy atom. The second-order valence-electron chi connectivity index (χ2n) is 5.75. The van der Waals surface area contributed by atoms with Crippen molar-refractivity contribution >= 4 is 40.6 Å².